The lowest BCUT2D eigenvalue weighted by Crippen LogP contribution is -2.20. The predicted octanol–water partition coefficient (Wildman–Crippen LogP) is 1.79. The first-order valence-corrected chi connectivity index (χ1v) is 5.15. The Labute approximate surface area is 90.2 Å². The maximum atomic E-state index is 6.19. The van der Waals surface area contributed by atoms with E-state index < -0.39 is 0 Å². The summed E-state index contributed by atoms with van der Waals surface area (Å²) in [6.07, 6.45) is 2.08. The van der Waals surface area contributed by atoms with Crippen molar-refractivity contribution < 1.29 is 9.47 Å². The van der Waals surface area contributed by atoms with Gasteiger partial charge in [-0.3, -0.25) is 0 Å². The van der Waals surface area contributed by atoms with E-state index in [-0.39, 0.29) is 5.54 Å². The molecule has 0 amide bonds. The highest BCUT2D eigenvalue weighted by molar-refractivity contribution is 5.44. The van der Waals surface area contributed by atoms with Crippen molar-refractivity contribution in [2.24, 2.45) is 5.73 Å². The predicted molar refractivity (Wildman–Crippen MR) is 58.8 cm³/mol. The molecule has 1 aromatic carbocycles. The van der Waals surface area contributed by atoms with Crippen LogP contribution in [-0.4, -0.2) is 14.2 Å². The van der Waals surface area contributed by atoms with Gasteiger partial charge < -0.3 is 15.2 Å². The molecule has 0 atom stereocenters. The molecule has 1 aliphatic rings. The molecular formula is C12H17NO2. The number of hydrogen-bond donors (Lipinski definition) is 1. The second kappa shape index (κ2) is 3.83. The number of benzene rings is 1. The van der Waals surface area contributed by atoms with Crippen LogP contribution in [0.4, 0.5) is 0 Å². The zero-order chi connectivity index (χ0) is 10.9. The maximum absolute atomic E-state index is 6.19. The molecule has 0 heterocycles. The Balaban J connectivity index is 2.35. The molecule has 3 heteroatoms. The molecule has 1 fully saturated rings. The maximum Gasteiger partial charge on any atom is 0.123 e. The lowest BCUT2D eigenvalue weighted by atomic mass is 10.0. The summed E-state index contributed by atoms with van der Waals surface area (Å²) in [5.41, 5.74) is 8.29. The quantitative estimate of drug-likeness (QED) is 0.818. The molecule has 2 rings (SSSR count). The molecule has 0 radical (unpaired) electrons. The molecule has 0 aliphatic heterocycles. The highest BCUT2D eigenvalue weighted by atomic mass is 16.5. The smallest absolute Gasteiger partial charge is 0.123 e. The van der Waals surface area contributed by atoms with Gasteiger partial charge in [0.2, 0.25) is 0 Å². The Bertz CT molecular complexity index is 359. The number of ether oxygens (including phenoxy) is 2. The molecule has 0 spiro atoms. The van der Waals surface area contributed by atoms with Crippen molar-refractivity contribution in [3.05, 3.63) is 29.3 Å². The number of nitrogens with two attached hydrogens (primary N) is 1. The Morgan fingerprint density at radius 3 is 2.60 bits per heavy atom. The van der Waals surface area contributed by atoms with Crippen LogP contribution in [-0.2, 0) is 16.9 Å². The summed E-state index contributed by atoms with van der Waals surface area (Å²) in [4.78, 5) is 0. The minimum absolute atomic E-state index is 0.158. The number of rotatable bonds is 4. The molecule has 1 aliphatic carbocycles. The van der Waals surface area contributed by atoms with Crippen molar-refractivity contribution >= 4 is 0 Å². The minimum atomic E-state index is -0.158. The highest BCUT2D eigenvalue weighted by Crippen LogP contribution is 2.46. The van der Waals surface area contributed by atoms with Crippen molar-refractivity contribution in [1.29, 1.82) is 0 Å². The minimum Gasteiger partial charge on any atom is -0.496 e. The van der Waals surface area contributed by atoms with Crippen molar-refractivity contribution in [3.63, 3.8) is 0 Å². The zero-order valence-electron chi connectivity index (χ0n) is 9.25. The van der Waals surface area contributed by atoms with E-state index in [2.05, 4.69) is 6.07 Å². The summed E-state index contributed by atoms with van der Waals surface area (Å²) in [5.74, 6) is 0.884. The molecule has 1 saturated carbocycles. The first-order valence-electron chi connectivity index (χ1n) is 5.15. The Kier molecular flexibility index (Phi) is 2.67. The lowest BCUT2D eigenvalue weighted by molar-refractivity contribution is 0.184. The average molecular weight is 207 g/mol. The molecule has 82 valence electrons. The van der Waals surface area contributed by atoms with Crippen LogP contribution in [0.2, 0.25) is 0 Å². The third-order valence-corrected chi connectivity index (χ3v) is 2.90. The Morgan fingerprint density at radius 1 is 1.33 bits per heavy atom. The first-order chi connectivity index (χ1) is 7.19. The van der Waals surface area contributed by atoms with E-state index in [0.29, 0.717) is 6.61 Å². The van der Waals surface area contributed by atoms with Crippen LogP contribution in [0.15, 0.2) is 18.2 Å². The summed E-state index contributed by atoms with van der Waals surface area (Å²) in [6.45, 7) is 0.618. The summed E-state index contributed by atoms with van der Waals surface area (Å²) in [6, 6.07) is 6.07. The van der Waals surface area contributed by atoms with Crippen molar-refractivity contribution in [2.75, 3.05) is 14.2 Å². The highest BCUT2D eigenvalue weighted by Gasteiger charge is 2.42. The largest absolute Gasteiger partial charge is 0.496 e. The third-order valence-electron chi connectivity index (χ3n) is 2.90. The standard InChI is InChI=1S/C12H17NO2/c1-14-8-9-3-4-11(15-2)10(7-9)12(13)5-6-12/h3-4,7H,5-6,8,13H2,1-2H3. The van der Waals surface area contributed by atoms with Gasteiger partial charge in [0.1, 0.15) is 5.75 Å². The molecule has 1 aromatic rings. The van der Waals surface area contributed by atoms with Gasteiger partial charge in [-0.15, -0.1) is 0 Å². The van der Waals surface area contributed by atoms with Gasteiger partial charge in [-0.25, -0.2) is 0 Å². The van der Waals surface area contributed by atoms with Crippen LogP contribution in [0.3, 0.4) is 0 Å². The van der Waals surface area contributed by atoms with Gasteiger partial charge in [-0.2, -0.15) is 0 Å². The second-order valence-electron chi connectivity index (χ2n) is 4.12. The molecule has 0 aromatic heterocycles. The SMILES string of the molecule is COCc1ccc(OC)c(C2(N)CC2)c1. The molecule has 0 bridgehead atoms. The average Bonchev–Trinajstić information content (AvgIpc) is 2.98. The number of methoxy groups -OCH3 is 2. The van der Waals surface area contributed by atoms with Crippen LogP contribution in [0.25, 0.3) is 0 Å². The van der Waals surface area contributed by atoms with Gasteiger partial charge >= 0.3 is 0 Å². The van der Waals surface area contributed by atoms with Gasteiger partial charge in [-0.05, 0) is 30.5 Å². The normalized spacial score (nSPS) is 17.5. The van der Waals surface area contributed by atoms with E-state index in [1.165, 1.54) is 0 Å². The Morgan fingerprint density at radius 2 is 2.07 bits per heavy atom. The Hall–Kier alpha value is -1.06. The molecule has 2 N–H and O–H groups in total. The molecule has 0 unspecified atom stereocenters. The van der Waals surface area contributed by atoms with Crippen molar-refractivity contribution in [1.82, 2.24) is 0 Å². The van der Waals surface area contributed by atoms with Crippen molar-refractivity contribution in [3.8, 4) is 5.75 Å². The first kappa shape index (κ1) is 10.5. The fourth-order valence-electron chi connectivity index (χ4n) is 1.80. The van der Waals surface area contributed by atoms with Gasteiger partial charge in [0.15, 0.2) is 0 Å². The summed E-state index contributed by atoms with van der Waals surface area (Å²) in [7, 11) is 3.37. The van der Waals surface area contributed by atoms with E-state index in [9.17, 15) is 0 Å². The van der Waals surface area contributed by atoms with E-state index in [0.717, 1.165) is 29.7 Å². The monoisotopic (exact) mass is 207 g/mol. The second-order valence-corrected chi connectivity index (χ2v) is 4.12. The van der Waals surface area contributed by atoms with Crippen molar-refractivity contribution in [2.45, 2.75) is 25.0 Å². The number of hydrogen-bond acceptors (Lipinski definition) is 3. The van der Waals surface area contributed by atoms with E-state index in [1.54, 1.807) is 14.2 Å². The van der Waals surface area contributed by atoms with Crippen LogP contribution in [0, 0.1) is 0 Å². The zero-order valence-corrected chi connectivity index (χ0v) is 9.25. The molecular weight excluding hydrogens is 190 g/mol. The van der Waals surface area contributed by atoms with E-state index in [1.807, 2.05) is 12.1 Å². The van der Waals surface area contributed by atoms with Crippen LogP contribution >= 0.6 is 0 Å². The fourth-order valence-corrected chi connectivity index (χ4v) is 1.80. The van der Waals surface area contributed by atoms with Gasteiger partial charge in [0.25, 0.3) is 0 Å². The van der Waals surface area contributed by atoms with Crippen LogP contribution < -0.4 is 10.5 Å². The van der Waals surface area contributed by atoms with Gasteiger partial charge in [0.05, 0.1) is 13.7 Å². The van der Waals surface area contributed by atoms with E-state index >= 15 is 0 Å². The lowest BCUT2D eigenvalue weighted by Gasteiger charge is -2.15. The molecule has 0 saturated heterocycles. The van der Waals surface area contributed by atoms with Crippen LogP contribution in [0.1, 0.15) is 24.0 Å². The van der Waals surface area contributed by atoms with Crippen LogP contribution in [0.5, 0.6) is 5.75 Å². The molecule has 15 heavy (non-hydrogen) atoms. The van der Waals surface area contributed by atoms with E-state index in [4.69, 9.17) is 15.2 Å². The summed E-state index contributed by atoms with van der Waals surface area (Å²) in [5, 5.41) is 0. The van der Waals surface area contributed by atoms with Gasteiger partial charge in [-0.1, -0.05) is 6.07 Å². The summed E-state index contributed by atoms with van der Waals surface area (Å²) < 4.78 is 10.4. The fraction of sp³-hybridized carbons (Fsp3) is 0.500. The molecule has 3 nitrogen and oxygen atoms in total. The summed E-state index contributed by atoms with van der Waals surface area (Å²) >= 11 is 0. The van der Waals surface area contributed by atoms with Gasteiger partial charge in [0, 0.05) is 18.2 Å². The topological polar surface area (TPSA) is 44.5 Å². The third kappa shape index (κ3) is 1.98.